The second-order valence-electron chi connectivity index (χ2n) is 5.33. The summed E-state index contributed by atoms with van der Waals surface area (Å²) in [6, 6.07) is 18.5. The van der Waals surface area contributed by atoms with Crippen molar-refractivity contribution in [3.05, 3.63) is 48.5 Å². The second kappa shape index (κ2) is 7.40. The van der Waals surface area contributed by atoms with Crippen molar-refractivity contribution >= 4 is 61.4 Å². The van der Waals surface area contributed by atoms with Crippen LogP contribution in [-0.4, -0.2) is 44.0 Å². The van der Waals surface area contributed by atoms with Crippen LogP contribution in [0, 0.1) is 0 Å². The molecule has 0 heterocycles. The molecule has 0 aromatic heterocycles. The molecule has 0 fully saturated rings. The van der Waals surface area contributed by atoms with Crippen molar-refractivity contribution < 1.29 is 0 Å². The molecule has 0 bridgehead atoms. The van der Waals surface area contributed by atoms with Gasteiger partial charge in [0.1, 0.15) is 0 Å². The Hall–Kier alpha value is 0.115. The van der Waals surface area contributed by atoms with Crippen LogP contribution in [0.15, 0.2) is 48.5 Å². The fourth-order valence-electron chi connectivity index (χ4n) is 2.38. The van der Waals surface area contributed by atoms with Gasteiger partial charge in [-0.05, 0) is 0 Å². The van der Waals surface area contributed by atoms with Gasteiger partial charge in [-0.3, -0.25) is 0 Å². The first-order chi connectivity index (χ1) is 9.52. The van der Waals surface area contributed by atoms with Gasteiger partial charge in [-0.1, -0.05) is 0 Å². The van der Waals surface area contributed by atoms with Crippen LogP contribution in [0.1, 0.15) is 0 Å². The molecule has 0 atom stereocenters. The molecule has 0 N–H and O–H groups in total. The number of hydrogen-bond acceptors (Lipinski definition) is 0. The number of hydrogen-bond donors (Lipinski definition) is 0. The Labute approximate surface area is 137 Å². The topological polar surface area (TPSA) is 0 Å². The van der Waals surface area contributed by atoms with Crippen LogP contribution in [0.4, 0.5) is 0 Å². The zero-order valence-corrected chi connectivity index (χ0v) is 18.6. The first kappa shape index (κ1) is 16.5. The van der Waals surface area contributed by atoms with E-state index in [2.05, 4.69) is 77.1 Å². The molecule has 2 aromatic rings. The van der Waals surface area contributed by atoms with Gasteiger partial charge in [0, 0.05) is 0 Å². The van der Waals surface area contributed by atoms with Crippen molar-refractivity contribution in [3.8, 4) is 0 Å². The van der Waals surface area contributed by atoms with Crippen molar-refractivity contribution in [2.45, 2.75) is 28.6 Å². The summed E-state index contributed by atoms with van der Waals surface area (Å²) < 4.78 is 6.80. The molecule has 0 nitrogen and oxygen atoms in total. The molecular formula is C17H23As3. The van der Waals surface area contributed by atoms with Crippen LogP contribution < -0.4 is 17.4 Å². The molecule has 20 heavy (non-hydrogen) atoms. The summed E-state index contributed by atoms with van der Waals surface area (Å²) in [6.45, 7) is 0. The van der Waals surface area contributed by atoms with E-state index in [0.29, 0.717) is 0 Å². The third-order valence-electron chi connectivity index (χ3n) is 3.45. The van der Waals surface area contributed by atoms with Crippen LogP contribution >= 0.6 is 0 Å². The molecule has 0 aliphatic carbocycles. The van der Waals surface area contributed by atoms with E-state index in [-0.39, 0.29) is 0 Å². The van der Waals surface area contributed by atoms with Gasteiger partial charge in [-0.15, -0.1) is 0 Å². The van der Waals surface area contributed by atoms with Gasteiger partial charge in [0.2, 0.25) is 0 Å². The summed E-state index contributed by atoms with van der Waals surface area (Å²) in [5.74, 6) is 0. The predicted molar refractivity (Wildman–Crippen MR) is 98.0 cm³/mol. The van der Waals surface area contributed by atoms with Crippen molar-refractivity contribution in [3.63, 3.8) is 0 Å². The molecule has 0 unspecified atom stereocenters. The fourth-order valence-corrected chi connectivity index (χ4v) is 17.5. The Morgan fingerprint density at radius 2 is 0.800 bits per heavy atom. The van der Waals surface area contributed by atoms with Gasteiger partial charge in [0.05, 0.1) is 0 Å². The molecule has 0 saturated heterocycles. The van der Waals surface area contributed by atoms with Crippen LogP contribution in [0.3, 0.4) is 0 Å². The van der Waals surface area contributed by atoms with E-state index >= 15 is 0 Å². The Morgan fingerprint density at radius 1 is 0.500 bits per heavy atom. The van der Waals surface area contributed by atoms with Crippen LogP contribution in [0.25, 0.3) is 0 Å². The zero-order chi connectivity index (χ0) is 14.7. The van der Waals surface area contributed by atoms with E-state index in [1.54, 1.807) is 17.4 Å². The van der Waals surface area contributed by atoms with Crippen molar-refractivity contribution in [1.29, 1.82) is 0 Å². The minimum atomic E-state index is -1.11. The van der Waals surface area contributed by atoms with Gasteiger partial charge >= 0.3 is 138 Å². The van der Waals surface area contributed by atoms with Crippen LogP contribution in [-0.2, 0) is 0 Å². The van der Waals surface area contributed by atoms with E-state index < -0.39 is 44.0 Å². The van der Waals surface area contributed by atoms with Gasteiger partial charge in [0.25, 0.3) is 0 Å². The molecule has 0 saturated carbocycles. The van der Waals surface area contributed by atoms with Crippen molar-refractivity contribution in [2.75, 3.05) is 0 Å². The van der Waals surface area contributed by atoms with Gasteiger partial charge < -0.3 is 0 Å². The number of benzene rings is 2. The SMILES string of the molecule is C[As](C)c1ccccc1[As](C)c1ccccc1[As](C)C. The van der Waals surface area contributed by atoms with Gasteiger partial charge in [-0.25, -0.2) is 0 Å². The average molecular weight is 452 g/mol. The van der Waals surface area contributed by atoms with Crippen LogP contribution in [0.5, 0.6) is 0 Å². The summed E-state index contributed by atoms with van der Waals surface area (Å²) in [5, 5.41) is 0. The van der Waals surface area contributed by atoms with Crippen molar-refractivity contribution in [1.82, 2.24) is 0 Å². The van der Waals surface area contributed by atoms with E-state index in [9.17, 15) is 0 Å². The molecule has 106 valence electrons. The summed E-state index contributed by atoms with van der Waals surface area (Å²) in [4.78, 5) is 0. The van der Waals surface area contributed by atoms with E-state index in [0.717, 1.165) is 0 Å². The van der Waals surface area contributed by atoms with E-state index in [1.807, 2.05) is 0 Å². The Bertz CT molecular complexity index is 524. The summed E-state index contributed by atoms with van der Waals surface area (Å²) in [5.41, 5.74) is 12.4. The third-order valence-corrected chi connectivity index (χ3v) is 15.5. The Kier molecular flexibility index (Phi) is 6.10. The summed E-state index contributed by atoms with van der Waals surface area (Å²) in [7, 11) is 0. The molecular weight excluding hydrogens is 429 g/mol. The van der Waals surface area contributed by atoms with Gasteiger partial charge in [0.15, 0.2) is 0 Å². The fraction of sp³-hybridized carbons (Fsp3) is 0.294. The standard InChI is InChI=1S/C17H23As3/c1-18(2)14-10-6-8-12-16(14)20(5)17-13-9-7-11-15(17)19(3)4/h6-13H,1-5H3. The van der Waals surface area contributed by atoms with E-state index in [1.165, 1.54) is 0 Å². The summed E-state index contributed by atoms with van der Waals surface area (Å²) >= 11 is -2.73. The molecule has 2 aromatic carbocycles. The molecule has 0 aliphatic rings. The quantitative estimate of drug-likeness (QED) is 0.622. The normalized spacial score (nSPS) is 11.6. The molecule has 0 spiro atoms. The van der Waals surface area contributed by atoms with Crippen LogP contribution in [0.2, 0.25) is 28.6 Å². The molecule has 0 radical (unpaired) electrons. The third kappa shape index (κ3) is 3.65. The maximum absolute atomic E-state index is 2.53. The first-order valence-electron chi connectivity index (χ1n) is 6.79. The maximum atomic E-state index is 2.53. The van der Waals surface area contributed by atoms with Gasteiger partial charge in [-0.2, -0.15) is 0 Å². The Balaban J connectivity index is 2.50. The Morgan fingerprint density at radius 3 is 1.10 bits per heavy atom. The minimum absolute atomic E-state index is 0.808. The molecule has 2 rings (SSSR count). The van der Waals surface area contributed by atoms with E-state index in [4.69, 9.17) is 0 Å². The average Bonchev–Trinajstić information content (AvgIpc) is 2.46. The second-order valence-corrected chi connectivity index (χ2v) is 19.2. The molecule has 0 amide bonds. The zero-order valence-electron chi connectivity index (χ0n) is 13.0. The molecule has 3 heteroatoms. The predicted octanol–water partition coefficient (Wildman–Crippen LogP) is 1.85. The van der Waals surface area contributed by atoms with Crippen molar-refractivity contribution in [2.24, 2.45) is 0 Å². The first-order valence-corrected chi connectivity index (χ1v) is 19.9. The monoisotopic (exact) mass is 452 g/mol. The molecule has 0 aliphatic heterocycles. The number of rotatable bonds is 4. The summed E-state index contributed by atoms with van der Waals surface area (Å²) in [6.07, 6.45) is 0.